The van der Waals surface area contributed by atoms with Gasteiger partial charge in [-0.1, -0.05) is 18.2 Å². The Morgan fingerprint density at radius 3 is 2.39 bits per heavy atom. The largest absolute Gasteiger partial charge is 0.381 e. The van der Waals surface area contributed by atoms with Gasteiger partial charge in [0.1, 0.15) is 0 Å². The maximum absolute atomic E-state index is 5.45. The molecule has 1 aliphatic heterocycles. The normalized spacial score (nSPS) is 14.7. The number of aromatic nitrogens is 6. The summed E-state index contributed by atoms with van der Waals surface area (Å²) in [6.07, 6.45) is 15.1. The van der Waals surface area contributed by atoms with Crippen molar-refractivity contribution in [3.63, 3.8) is 0 Å². The van der Waals surface area contributed by atoms with Crippen LogP contribution in [0.4, 0.5) is 0 Å². The molecule has 4 aromatic rings. The van der Waals surface area contributed by atoms with E-state index in [0.29, 0.717) is 5.82 Å². The Morgan fingerprint density at radius 2 is 1.61 bits per heavy atom. The van der Waals surface area contributed by atoms with Crippen LogP contribution in [0, 0.1) is 5.92 Å². The fraction of sp³-hybridized carbons (Fsp3) is 0.333. The highest BCUT2D eigenvalue weighted by Gasteiger charge is 2.14. The van der Waals surface area contributed by atoms with Gasteiger partial charge < -0.3 is 4.74 Å². The fourth-order valence-corrected chi connectivity index (χ4v) is 4.02. The topological polar surface area (TPSA) is 70.7 Å². The van der Waals surface area contributed by atoms with Gasteiger partial charge in [0, 0.05) is 73.8 Å². The van der Waals surface area contributed by atoms with Gasteiger partial charge in [0.2, 0.25) is 0 Å². The van der Waals surface area contributed by atoms with E-state index in [1.165, 1.54) is 0 Å². The van der Waals surface area contributed by atoms with E-state index in [9.17, 15) is 0 Å². The van der Waals surface area contributed by atoms with Crippen molar-refractivity contribution >= 4 is 0 Å². The zero-order valence-electron chi connectivity index (χ0n) is 17.7. The number of hydrogen-bond donors (Lipinski definition) is 0. The van der Waals surface area contributed by atoms with Crippen LogP contribution in [0.3, 0.4) is 0 Å². The maximum atomic E-state index is 5.45. The second-order valence-electron chi connectivity index (χ2n) is 8.12. The number of ether oxygens (including phenoxy) is 1. The van der Waals surface area contributed by atoms with Gasteiger partial charge in [-0.25, -0.2) is 9.97 Å². The van der Waals surface area contributed by atoms with E-state index >= 15 is 0 Å². The van der Waals surface area contributed by atoms with E-state index in [2.05, 4.69) is 38.5 Å². The maximum Gasteiger partial charge on any atom is 0.159 e. The van der Waals surface area contributed by atoms with Crippen LogP contribution >= 0.6 is 0 Å². The number of rotatable bonds is 6. The lowest BCUT2D eigenvalue weighted by Gasteiger charge is -2.21. The molecule has 0 radical (unpaired) electrons. The van der Waals surface area contributed by atoms with E-state index in [0.717, 1.165) is 72.8 Å². The van der Waals surface area contributed by atoms with Gasteiger partial charge in [-0.3, -0.25) is 9.36 Å². The number of aryl methyl sites for hydroxylation is 2. The summed E-state index contributed by atoms with van der Waals surface area (Å²) in [7, 11) is 1.92. The van der Waals surface area contributed by atoms with E-state index in [1.54, 1.807) is 4.68 Å². The first-order valence-corrected chi connectivity index (χ1v) is 10.8. The predicted molar refractivity (Wildman–Crippen MR) is 119 cm³/mol. The molecule has 0 spiro atoms. The summed E-state index contributed by atoms with van der Waals surface area (Å²) in [4.78, 5) is 9.22. The summed E-state index contributed by atoms with van der Waals surface area (Å²) in [5.41, 5.74) is 5.19. The summed E-state index contributed by atoms with van der Waals surface area (Å²) in [6.45, 7) is 2.72. The monoisotopic (exact) mass is 414 g/mol. The van der Waals surface area contributed by atoms with E-state index in [1.807, 2.05) is 54.8 Å². The summed E-state index contributed by atoms with van der Waals surface area (Å²) >= 11 is 0. The molecule has 1 fully saturated rings. The first-order valence-electron chi connectivity index (χ1n) is 10.8. The second-order valence-corrected chi connectivity index (χ2v) is 8.12. The first-order chi connectivity index (χ1) is 15.2. The van der Waals surface area contributed by atoms with Crippen molar-refractivity contribution in [2.24, 2.45) is 13.0 Å². The third-order valence-corrected chi connectivity index (χ3v) is 5.88. The summed E-state index contributed by atoms with van der Waals surface area (Å²) < 4.78 is 9.27. The van der Waals surface area contributed by atoms with E-state index < -0.39 is 0 Å². The molecule has 7 heteroatoms. The molecule has 4 heterocycles. The molecule has 1 aromatic carbocycles. The molecule has 0 saturated carbocycles. The Hall–Kier alpha value is -3.32. The van der Waals surface area contributed by atoms with Gasteiger partial charge in [0.15, 0.2) is 5.82 Å². The molecule has 0 unspecified atom stereocenters. The highest BCUT2D eigenvalue weighted by molar-refractivity contribution is 5.70. The van der Waals surface area contributed by atoms with Crippen LogP contribution in [0.5, 0.6) is 0 Å². The Labute approximate surface area is 181 Å². The highest BCUT2D eigenvalue weighted by atomic mass is 16.5. The third-order valence-electron chi connectivity index (χ3n) is 5.88. The van der Waals surface area contributed by atoms with Crippen molar-refractivity contribution in [3.05, 3.63) is 61.4 Å². The van der Waals surface area contributed by atoms with Crippen LogP contribution in [-0.2, 0) is 18.3 Å². The fourth-order valence-electron chi connectivity index (χ4n) is 4.02. The molecule has 0 atom stereocenters. The molecule has 7 nitrogen and oxygen atoms in total. The average Bonchev–Trinajstić information content (AvgIpc) is 3.48. The quantitative estimate of drug-likeness (QED) is 0.472. The van der Waals surface area contributed by atoms with Crippen LogP contribution in [0.15, 0.2) is 61.4 Å². The lowest BCUT2D eigenvalue weighted by Crippen LogP contribution is -2.17. The van der Waals surface area contributed by atoms with Crippen LogP contribution in [0.1, 0.15) is 19.3 Å². The van der Waals surface area contributed by atoms with E-state index in [-0.39, 0.29) is 0 Å². The molecule has 5 rings (SSSR count). The Bertz CT molecular complexity index is 1140. The zero-order chi connectivity index (χ0) is 21.0. The highest BCUT2D eigenvalue weighted by Crippen LogP contribution is 2.25. The minimum Gasteiger partial charge on any atom is -0.381 e. The van der Waals surface area contributed by atoms with Crippen LogP contribution in [0.25, 0.3) is 33.6 Å². The molecule has 0 aliphatic carbocycles. The first kappa shape index (κ1) is 19.6. The van der Waals surface area contributed by atoms with Crippen molar-refractivity contribution < 1.29 is 4.74 Å². The van der Waals surface area contributed by atoms with Crippen LogP contribution in [0.2, 0.25) is 0 Å². The summed E-state index contributed by atoms with van der Waals surface area (Å²) in [5, 5.41) is 8.78. The third kappa shape index (κ3) is 4.56. The Kier molecular flexibility index (Phi) is 5.58. The standard InChI is InChI=1S/C24H26N6O/c1-29-16-22(14-27-29)19-3-2-4-20(11-19)24-25-12-21(13-26-24)23-15-28-30(17-23)8-5-18-6-9-31-10-7-18/h2-4,11-18H,5-10H2,1H3. The number of hydrogen-bond acceptors (Lipinski definition) is 5. The van der Waals surface area contributed by atoms with Gasteiger partial charge in [-0.05, 0) is 36.8 Å². The van der Waals surface area contributed by atoms with Crippen molar-refractivity contribution in [2.45, 2.75) is 25.8 Å². The molecule has 0 N–H and O–H groups in total. The SMILES string of the molecule is Cn1cc(-c2cccc(-c3ncc(-c4cnn(CCC5CCOCC5)c4)cn3)c2)cn1. The van der Waals surface area contributed by atoms with Gasteiger partial charge in [0.25, 0.3) is 0 Å². The minimum absolute atomic E-state index is 0.710. The number of nitrogens with zero attached hydrogens (tertiary/aromatic N) is 6. The predicted octanol–water partition coefficient (Wildman–Crippen LogP) is 4.22. The van der Waals surface area contributed by atoms with E-state index in [4.69, 9.17) is 4.74 Å². The number of benzene rings is 1. The summed E-state index contributed by atoms with van der Waals surface area (Å²) in [5.74, 6) is 1.45. The molecule has 1 aliphatic rings. The zero-order valence-corrected chi connectivity index (χ0v) is 17.7. The van der Waals surface area contributed by atoms with Crippen LogP contribution < -0.4 is 0 Å². The minimum atomic E-state index is 0.710. The van der Waals surface area contributed by atoms with Crippen molar-refractivity contribution in [2.75, 3.05) is 13.2 Å². The molecule has 31 heavy (non-hydrogen) atoms. The lowest BCUT2D eigenvalue weighted by atomic mass is 9.97. The van der Waals surface area contributed by atoms with Gasteiger partial charge >= 0.3 is 0 Å². The van der Waals surface area contributed by atoms with Crippen molar-refractivity contribution in [3.8, 4) is 33.6 Å². The summed E-state index contributed by atoms with van der Waals surface area (Å²) in [6, 6.07) is 8.23. The molecular formula is C24H26N6O. The lowest BCUT2D eigenvalue weighted by molar-refractivity contribution is 0.0623. The van der Waals surface area contributed by atoms with Crippen LogP contribution in [-0.4, -0.2) is 42.7 Å². The molecule has 158 valence electrons. The Balaban J connectivity index is 1.28. The van der Waals surface area contributed by atoms with Gasteiger partial charge in [-0.15, -0.1) is 0 Å². The smallest absolute Gasteiger partial charge is 0.159 e. The van der Waals surface area contributed by atoms with Gasteiger partial charge in [-0.2, -0.15) is 10.2 Å². The average molecular weight is 415 g/mol. The molecule has 0 amide bonds. The second kappa shape index (κ2) is 8.81. The van der Waals surface area contributed by atoms with Crippen molar-refractivity contribution in [1.29, 1.82) is 0 Å². The molecule has 3 aromatic heterocycles. The Morgan fingerprint density at radius 1 is 0.871 bits per heavy atom. The molecule has 0 bridgehead atoms. The molecule has 1 saturated heterocycles. The van der Waals surface area contributed by atoms with Gasteiger partial charge in [0.05, 0.1) is 12.4 Å². The van der Waals surface area contributed by atoms with Crippen molar-refractivity contribution in [1.82, 2.24) is 29.5 Å². The molecular weight excluding hydrogens is 388 g/mol.